The minimum absolute atomic E-state index is 0. The second-order valence-electron chi connectivity index (χ2n) is 16.5. The van der Waals surface area contributed by atoms with E-state index in [1.165, 1.54) is 122 Å². The molecule has 2 fully saturated rings. The normalized spacial score (nSPS) is 14.1. The fraction of sp³-hybridized carbons (Fsp3) is 0.373. The number of allylic oxidation sites excluding steroid dienone is 1. The molecule has 0 amide bonds. The molecule has 0 unspecified atom stereocenters. The molecule has 0 atom stereocenters. The van der Waals surface area contributed by atoms with Gasteiger partial charge in [0.05, 0.1) is 0 Å². The van der Waals surface area contributed by atoms with Gasteiger partial charge in [0.2, 0.25) is 0 Å². The van der Waals surface area contributed by atoms with Gasteiger partial charge in [-0.3, -0.25) is 4.79 Å². The number of aromatic amines is 2. The van der Waals surface area contributed by atoms with Crippen LogP contribution in [-0.2, 0) is 30.5 Å². The first kappa shape index (κ1) is 60.9. The maximum atomic E-state index is 10.5. The Morgan fingerprint density at radius 2 is 0.944 bits per heavy atom. The van der Waals surface area contributed by atoms with Crippen molar-refractivity contribution in [2.24, 2.45) is 5.84 Å². The summed E-state index contributed by atoms with van der Waals surface area (Å²) in [6.07, 6.45) is 23.8. The van der Waals surface area contributed by atoms with Crippen molar-refractivity contribution in [2.75, 3.05) is 16.5 Å². The van der Waals surface area contributed by atoms with Gasteiger partial charge in [0, 0.05) is 42.6 Å². The van der Waals surface area contributed by atoms with Crippen LogP contribution in [-0.4, -0.2) is 46.1 Å². The molecule has 7 aromatic heterocycles. The highest BCUT2D eigenvalue weighted by atomic mass is 79.9. The predicted molar refractivity (Wildman–Crippen MR) is 310 cm³/mol. The number of anilines is 3. The van der Waals surface area contributed by atoms with E-state index in [1.807, 2.05) is 60.7 Å². The van der Waals surface area contributed by atoms with Crippen molar-refractivity contribution < 1.29 is 11.7 Å². The smallest absolute Gasteiger partial charge is 0.141 e. The molecule has 11 rings (SSSR count). The van der Waals surface area contributed by atoms with E-state index < -0.39 is 0 Å². The van der Waals surface area contributed by atoms with Crippen LogP contribution in [0.1, 0.15) is 121 Å². The molecular formula is C51H68Br5N13O2. The van der Waals surface area contributed by atoms with Gasteiger partial charge in [0.1, 0.15) is 57.5 Å². The van der Waals surface area contributed by atoms with Crippen LogP contribution in [0.5, 0.6) is 0 Å². The number of rotatable bonds is 3. The average molecular weight is 1290 g/mol. The zero-order valence-electron chi connectivity index (χ0n) is 39.0. The second kappa shape index (κ2) is 33.3. The zero-order chi connectivity index (χ0) is 49.4. The van der Waals surface area contributed by atoms with Gasteiger partial charge < -0.3 is 31.9 Å². The number of fused-ring (bicyclic) bond motifs is 6. The number of carbonyl (C=O) groups excluding carboxylic acids is 1. The molecule has 0 aliphatic heterocycles. The number of hydrazine groups is 1. The molecule has 7 aromatic rings. The number of hydrogen-bond donors (Lipinski definition) is 8. The van der Waals surface area contributed by atoms with Crippen molar-refractivity contribution in [1.29, 1.82) is 11.1 Å². The molecule has 0 bridgehead atoms. The topological polar surface area (TPSA) is 268 Å². The first-order valence-corrected chi connectivity index (χ1v) is 27.1. The Bertz CT molecular complexity index is 2610. The summed E-state index contributed by atoms with van der Waals surface area (Å²) in [6, 6.07) is 25.2. The third-order valence-electron chi connectivity index (χ3n) is 11.5. The number of nitrogens with one attached hydrogen (secondary N) is 6. The van der Waals surface area contributed by atoms with Gasteiger partial charge in [-0.15, -0.1) is 0 Å². The van der Waals surface area contributed by atoms with E-state index in [-0.39, 0.29) is 14.3 Å². The summed E-state index contributed by atoms with van der Waals surface area (Å²) >= 11 is 16.4. The lowest BCUT2D eigenvalue weighted by Crippen LogP contribution is -2.07. The largest absolute Gasteiger partial charge is 0.412 e. The van der Waals surface area contributed by atoms with Gasteiger partial charge in [0.25, 0.3) is 0 Å². The lowest BCUT2D eigenvalue weighted by molar-refractivity contribution is -0.120. The number of ketones is 1. The van der Waals surface area contributed by atoms with E-state index in [1.54, 1.807) is 6.07 Å². The van der Waals surface area contributed by atoms with Crippen LogP contribution in [0.4, 0.5) is 17.5 Å². The summed E-state index contributed by atoms with van der Waals surface area (Å²) in [5.74, 6) is 7.70. The molecule has 4 aliphatic carbocycles. The Balaban J connectivity index is 0.000000297. The molecular weight excluding hydrogens is 1230 g/mol. The van der Waals surface area contributed by atoms with Gasteiger partial charge in [-0.05, 0) is 241 Å². The summed E-state index contributed by atoms with van der Waals surface area (Å²) in [7, 11) is 0. The molecule has 0 radical (unpaired) electrons. The minimum atomic E-state index is 0. The number of aromatic nitrogens is 7. The average Bonchev–Trinajstić information content (AvgIpc) is 3.93. The highest BCUT2D eigenvalue weighted by molar-refractivity contribution is 9.11. The number of hydrogen-bond acceptors (Lipinski definition) is 12. The molecule has 384 valence electrons. The Morgan fingerprint density at radius 1 is 0.521 bits per heavy atom. The fourth-order valence-electron chi connectivity index (χ4n) is 8.19. The van der Waals surface area contributed by atoms with Crippen LogP contribution in [0, 0.1) is 11.1 Å². The molecule has 0 aromatic carbocycles. The van der Waals surface area contributed by atoms with Crippen LogP contribution in [0.2, 0.25) is 0 Å². The summed E-state index contributed by atoms with van der Waals surface area (Å²) in [5.41, 5.74) is 27.3. The lowest BCUT2D eigenvalue weighted by Gasteiger charge is -2.13. The number of H-pyrrole nitrogens is 2. The summed E-state index contributed by atoms with van der Waals surface area (Å²) < 4.78 is 4.26. The van der Waals surface area contributed by atoms with E-state index in [9.17, 15) is 4.79 Å². The second-order valence-corrected chi connectivity index (χ2v) is 20.5. The summed E-state index contributed by atoms with van der Waals surface area (Å²) in [5, 5.41) is 5.82. The van der Waals surface area contributed by atoms with Gasteiger partial charge >= 0.3 is 0 Å². The molecule has 20 heteroatoms. The highest BCUT2D eigenvalue weighted by Gasteiger charge is 2.17. The van der Waals surface area contributed by atoms with Crippen molar-refractivity contribution >= 4 is 125 Å². The number of nitrogen functional groups attached to an aromatic ring is 2. The Kier molecular flexibility index (Phi) is 28.6. The van der Waals surface area contributed by atoms with Gasteiger partial charge in [-0.1, -0.05) is 44.0 Å². The van der Waals surface area contributed by atoms with Crippen LogP contribution in [0.3, 0.4) is 0 Å². The molecule has 71 heavy (non-hydrogen) atoms. The van der Waals surface area contributed by atoms with Gasteiger partial charge in [-0.2, -0.15) is 0 Å². The molecule has 12 N–H and O–H groups in total. The Morgan fingerprint density at radius 3 is 1.41 bits per heavy atom. The predicted octanol–water partition coefficient (Wildman–Crippen LogP) is 15.2. The van der Waals surface area contributed by atoms with Crippen LogP contribution in [0.15, 0.2) is 114 Å². The molecule has 0 spiro atoms. The minimum Gasteiger partial charge on any atom is -0.412 e. The van der Waals surface area contributed by atoms with Crippen LogP contribution in [0.25, 0.3) is 22.1 Å². The van der Waals surface area contributed by atoms with E-state index in [0.717, 1.165) is 72.2 Å². The van der Waals surface area contributed by atoms with E-state index in [4.69, 9.17) is 22.6 Å². The molecule has 7 heterocycles. The molecule has 4 aliphatic rings. The maximum Gasteiger partial charge on any atom is 0.141 e. The quantitative estimate of drug-likeness (QED) is 0.0359. The third kappa shape index (κ3) is 20.9. The Labute approximate surface area is 460 Å². The number of halogens is 5. The monoisotopic (exact) mass is 1290 g/mol. The first-order valence-electron chi connectivity index (χ1n) is 23.2. The Hall–Kier alpha value is -4.44. The SMILES string of the molecule is Brc1ccc2c3c([nH]c2n1)CCCC3.Brc1cccc(Br)n1.Brc1cccc(NC=C2CCCCC2)n1.C.N=N.NNc1cccc(Br)n1.Nc1ccc2c3c([nH]c2n1)CCCC3.O.O=C1CCCCC1.[HH]. The number of nitrogens with two attached hydrogens (primary N) is 2. The number of pyridine rings is 5. The number of nitrogens with zero attached hydrogens (tertiary/aromatic N) is 5. The van der Waals surface area contributed by atoms with Gasteiger partial charge in [0.15, 0.2) is 0 Å². The summed E-state index contributed by atoms with van der Waals surface area (Å²) in [6.45, 7) is 0. The van der Waals surface area contributed by atoms with E-state index in [2.05, 4.69) is 144 Å². The first-order chi connectivity index (χ1) is 33.5. The molecule has 15 nitrogen and oxygen atoms in total. The van der Waals surface area contributed by atoms with Crippen molar-refractivity contribution in [3.8, 4) is 0 Å². The fourth-order valence-corrected chi connectivity index (χ4v) is 10.1. The van der Waals surface area contributed by atoms with E-state index in [0.29, 0.717) is 17.4 Å². The van der Waals surface area contributed by atoms with Crippen molar-refractivity contribution in [1.82, 2.24) is 34.9 Å². The van der Waals surface area contributed by atoms with Gasteiger partial charge in [-0.25, -0.2) is 41.8 Å². The number of aryl methyl sites for hydroxylation is 4. The number of Topliss-reactive ketones (excluding diaryl/α,β-unsaturated/α-hetero) is 1. The lowest BCUT2D eigenvalue weighted by atomic mass is 9.96. The standard InChI is InChI=1S/C12H15BrN2.C11H11BrN2.C11H13N3.C6H10O.C5H3Br2N.C5H6BrN3.CH4.H2N2.H2O.H2/c13-11-7-4-8-12(15-11)14-9-10-5-2-1-3-6-10;2*12-10-6-5-8-7-3-1-2-4-9(7)13-11(8)14-10;7-6-4-2-1-3-5-6;6-4-2-1-3-5(7)8-4;6-4-2-1-3-5(8-4)9-7;;1-2;;/h4,7-9H,1-3,5-6H2,(H,14,15);5-6H,1-4H2,(H,13,14);5-6H,1-4H2,(H3,12,13,14);1-5H2;1-3H;1-3H,7H2,(H,8,9);1H4;1-2H;1H2;1H. The van der Waals surface area contributed by atoms with Crippen molar-refractivity contribution in [2.45, 2.75) is 123 Å². The summed E-state index contributed by atoms with van der Waals surface area (Å²) in [4.78, 5) is 38.3. The number of carbonyl (C=O) groups is 1. The van der Waals surface area contributed by atoms with Crippen LogP contribution < -0.4 is 22.3 Å². The van der Waals surface area contributed by atoms with Crippen LogP contribution >= 0.6 is 79.6 Å². The molecule has 0 saturated heterocycles. The molecule has 2 saturated carbocycles. The zero-order valence-corrected chi connectivity index (χ0v) is 46.9. The maximum absolute atomic E-state index is 10.5. The van der Waals surface area contributed by atoms with Crippen molar-refractivity contribution in [3.05, 3.63) is 136 Å². The third-order valence-corrected chi connectivity index (χ3v) is 13.7. The van der Waals surface area contributed by atoms with Crippen molar-refractivity contribution in [3.63, 3.8) is 0 Å². The van der Waals surface area contributed by atoms with E-state index >= 15 is 0 Å². The highest BCUT2D eigenvalue weighted by Crippen LogP contribution is 2.30.